The molecule has 0 fully saturated rings. The predicted molar refractivity (Wildman–Crippen MR) is 71.4 cm³/mol. The second kappa shape index (κ2) is 6.63. The number of hydrogen-bond donors (Lipinski definition) is 2. The van der Waals surface area contributed by atoms with Crippen molar-refractivity contribution in [2.24, 2.45) is 5.84 Å². The number of hydrogen-bond acceptors (Lipinski definition) is 2. The molecular formula is C11H16Br2N2. The fraction of sp³-hybridized carbons (Fsp3) is 0.455. The summed E-state index contributed by atoms with van der Waals surface area (Å²) in [6, 6.07) is 6.41. The van der Waals surface area contributed by atoms with Gasteiger partial charge in [-0.25, -0.2) is 0 Å². The Bertz CT molecular complexity index is 315. The van der Waals surface area contributed by atoms with E-state index in [1.165, 1.54) is 18.4 Å². The van der Waals surface area contributed by atoms with Crippen LogP contribution in [0.5, 0.6) is 0 Å². The highest BCUT2D eigenvalue weighted by molar-refractivity contribution is 9.11. The minimum absolute atomic E-state index is 0.229. The fourth-order valence-electron chi connectivity index (χ4n) is 1.52. The van der Waals surface area contributed by atoms with Crippen molar-refractivity contribution in [1.29, 1.82) is 0 Å². The molecule has 0 heterocycles. The van der Waals surface area contributed by atoms with E-state index in [2.05, 4.69) is 50.3 Å². The molecule has 0 saturated heterocycles. The molecule has 0 spiro atoms. The van der Waals surface area contributed by atoms with Gasteiger partial charge in [0.1, 0.15) is 0 Å². The molecule has 1 atom stereocenters. The number of benzene rings is 1. The van der Waals surface area contributed by atoms with Crippen LogP contribution in [0.2, 0.25) is 0 Å². The van der Waals surface area contributed by atoms with Crippen molar-refractivity contribution >= 4 is 31.9 Å². The van der Waals surface area contributed by atoms with Crippen LogP contribution in [-0.2, 0) is 0 Å². The molecule has 0 aromatic heterocycles. The van der Waals surface area contributed by atoms with Gasteiger partial charge in [-0.3, -0.25) is 11.3 Å². The number of halogens is 2. The van der Waals surface area contributed by atoms with E-state index in [1.807, 2.05) is 12.1 Å². The maximum absolute atomic E-state index is 5.57. The lowest BCUT2D eigenvalue weighted by atomic mass is 10.0. The van der Waals surface area contributed by atoms with Crippen LogP contribution < -0.4 is 11.3 Å². The molecule has 84 valence electrons. The first-order valence-corrected chi connectivity index (χ1v) is 6.68. The predicted octanol–water partition coefficient (Wildman–Crippen LogP) is 3.91. The van der Waals surface area contributed by atoms with Crippen LogP contribution in [0.4, 0.5) is 0 Å². The van der Waals surface area contributed by atoms with Gasteiger partial charge in [0, 0.05) is 15.0 Å². The van der Waals surface area contributed by atoms with Gasteiger partial charge in [0.05, 0.1) is 0 Å². The number of nitrogens with one attached hydrogen (secondary N) is 1. The van der Waals surface area contributed by atoms with E-state index in [9.17, 15) is 0 Å². The van der Waals surface area contributed by atoms with E-state index in [1.54, 1.807) is 0 Å². The third-order valence-electron chi connectivity index (χ3n) is 2.39. The molecule has 0 aliphatic rings. The maximum Gasteiger partial charge on any atom is 0.0471 e. The van der Waals surface area contributed by atoms with Crippen LogP contribution >= 0.6 is 31.9 Å². The molecule has 2 nitrogen and oxygen atoms in total. The Morgan fingerprint density at radius 3 is 2.67 bits per heavy atom. The Hall–Kier alpha value is 0.1000. The van der Waals surface area contributed by atoms with Gasteiger partial charge >= 0.3 is 0 Å². The molecule has 0 radical (unpaired) electrons. The van der Waals surface area contributed by atoms with Gasteiger partial charge in [0.2, 0.25) is 0 Å². The lowest BCUT2D eigenvalue weighted by molar-refractivity contribution is 0.493. The zero-order valence-corrected chi connectivity index (χ0v) is 11.9. The van der Waals surface area contributed by atoms with Crippen molar-refractivity contribution < 1.29 is 0 Å². The maximum atomic E-state index is 5.57. The summed E-state index contributed by atoms with van der Waals surface area (Å²) in [6.07, 6.45) is 3.43. The highest BCUT2D eigenvalue weighted by Gasteiger charge is 2.12. The van der Waals surface area contributed by atoms with Gasteiger partial charge in [-0.05, 0) is 24.1 Å². The van der Waals surface area contributed by atoms with Crippen LogP contribution in [0.15, 0.2) is 27.1 Å². The van der Waals surface area contributed by atoms with Gasteiger partial charge in [-0.15, -0.1) is 0 Å². The van der Waals surface area contributed by atoms with Crippen molar-refractivity contribution in [3.05, 3.63) is 32.7 Å². The van der Waals surface area contributed by atoms with Crippen molar-refractivity contribution in [2.45, 2.75) is 32.2 Å². The molecule has 1 rings (SSSR count). The van der Waals surface area contributed by atoms with E-state index >= 15 is 0 Å². The minimum Gasteiger partial charge on any atom is -0.271 e. The van der Waals surface area contributed by atoms with Crippen molar-refractivity contribution in [3.63, 3.8) is 0 Å². The first-order chi connectivity index (χ1) is 7.19. The van der Waals surface area contributed by atoms with Crippen molar-refractivity contribution in [3.8, 4) is 0 Å². The van der Waals surface area contributed by atoms with Crippen LogP contribution in [0.25, 0.3) is 0 Å². The lowest BCUT2D eigenvalue weighted by Gasteiger charge is -2.17. The first-order valence-electron chi connectivity index (χ1n) is 5.10. The molecule has 4 heteroatoms. The molecule has 0 saturated carbocycles. The molecule has 0 aliphatic heterocycles. The number of nitrogens with two attached hydrogens (primary N) is 1. The van der Waals surface area contributed by atoms with Gasteiger partial charge < -0.3 is 0 Å². The molecular weight excluding hydrogens is 320 g/mol. The van der Waals surface area contributed by atoms with Gasteiger partial charge in [-0.2, -0.15) is 0 Å². The fourth-order valence-corrected chi connectivity index (χ4v) is 2.84. The smallest absolute Gasteiger partial charge is 0.0471 e. The molecule has 0 bridgehead atoms. The summed E-state index contributed by atoms with van der Waals surface area (Å²) in [5, 5.41) is 0. The Labute approximate surface area is 108 Å². The molecule has 0 amide bonds. The van der Waals surface area contributed by atoms with Crippen molar-refractivity contribution in [2.75, 3.05) is 0 Å². The van der Waals surface area contributed by atoms with E-state index in [4.69, 9.17) is 5.84 Å². The molecule has 15 heavy (non-hydrogen) atoms. The van der Waals surface area contributed by atoms with Gasteiger partial charge in [0.25, 0.3) is 0 Å². The zero-order valence-electron chi connectivity index (χ0n) is 8.76. The number of unbranched alkanes of at least 4 members (excludes halogenated alkanes) is 1. The van der Waals surface area contributed by atoms with E-state index < -0.39 is 0 Å². The summed E-state index contributed by atoms with van der Waals surface area (Å²) in [5.41, 5.74) is 4.08. The average Bonchev–Trinajstić information content (AvgIpc) is 2.21. The molecule has 0 aliphatic carbocycles. The summed E-state index contributed by atoms with van der Waals surface area (Å²) in [7, 11) is 0. The molecule has 3 N–H and O–H groups in total. The molecule has 1 aromatic rings. The van der Waals surface area contributed by atoms with E-state index in [0.29, 0.717) is 0 Å². The van der Waals surface area contributed by atoms with Gasteiger partial charge in [-0.1, -0.05) is 57.7 Å². The lowest BCUT2D eigenvalue weighted by Crippen LogP contribution is -2.28. The minimum atomic E-state index is 0.229. The summed E-state index contributed by atoms with van der Waals surface area (Å²) < 4.78 is 2.17. The zero-order chi connectivity index (χ0) is 11.3. The average molecular weight is 336 g/mol. The van der Waals surface area contributed by atoms with E-state index in [-0.39, 0.29) is 6.04 Å². The largest absolute Gasteiger partial charge is 0.271 e. The van der Waals surface area contributed by atoms with Crippen LogP contribution in [0, 0.1) is 0 Å². The Morgan fingerprint density at radius 1 is 1.40 bits per heavy atom. The van der Waals surface area contributed by atoms with E-state index in [0.717, 1.165) is 15.4 Å². The second-order valence-electron chi connectivity index (χ2n) is 3.53. The summed E-state index contributed by atoms with van der Waals surface area (Å²) in [6.45, 7) is 2.18. The summed E-state index contributed by atoms with van der Waals surface area (Å²) in [5.74, 6) is 5.57. The number of rotatable bonds is 5. The Balaban J connectivity index is 2.81. The normalized spacial score (nSPS) is 12.8. The topological polar surface area (TPSA) is 38.0 Å². The van der Waals surface area contributed by atoms with Crippen molar-refractivity contribution in [1.82, 2.24) is 5.43 Å². The van der Waals surface area contributed by atoms with Gasteiger partial charge in [0.15, 0.2) is 0 Å². The Morgan fingerprint density at radius 2 is 2.13 bits per heavy atom. The third kappa shape index (κ3) is 3.87. The summed E-state index contributed by atoms with van der Waals surface area (Å²) in [4.78, 5) is 0. The Kier molecular flexibility index (Phi) is 5.82. The highest BCUT2D eigenvalue weighted by Crippen LogP contribution is 2.29. The molecule has 1 aromatic carbocycles. The monoisotopic (exact) mass is 334 g/mol. The first kappa shape index (κ1) is 13.2. The van der Waals surface area contributed by atoms with Crippen LogP contribution in [0.1, 0.15) is 37.8 Å². The molecule has 1 unspecified atom stereocenters. The van der Waals surface area contributed by atoms with Crippen LogP contribution in [0.3, 0.4) is 0 Å². The standard InChI is InChI=1S/C11H16Br2N2/c1-2-3-4-11(15-14)9-6-5-8(12)7-10(9)13/h5-7,11,15H,2-4,14H2,1H3. The quantitative estimate of drug-likeness (QED) is 0.632. The highest BCUT2D eigenvalue weighted by atomic mass is 79.9. The number of hydrazine groups is 1. The third-order valence-corrected chi connectivity index (χ3v) is 3.57. The second-order valence-corrected chi connectivity index (χ2v) is 5.30. The SMILES string of the molecule is CCCCC(NN)c1ccc(Br)cc1Br. The summed E-state index contributed by atoms with van der Waals surface area (Å²) >= 11 is 6.99. The van der Waals surface area contributed by atoms with Crippen LogP contribution in [-0.4, -0.2) is 0 Å².